The minimum atomic E-state index is -1.11. The van der Waals surface area contributed by atoms with Gasteiger partial charge in [0, 0.05) is 24.2 Å². The van der Waals surface area contributed by atoms with Gasteiger partial charge in [-0.3, -0.25) is 0 Å². The highest BCUT2D eigenvalue weighted by molar-refractivity contribution is 5.81. The maximum atomic E-state index is 12.3. The number of hydrogen-bond acceptors (Lipinski definition) is 5. The number of carboxylic acid groups (broad SMARTS) is 1. The lowest BCUT2D eigenvalue weighted by atomic mass is 9.98. The number of carboxylic acids is 1. The molecule has 0 radical (unpaired) electrons. The van der Waals surface area contributed by atoms with Crippen molar-refractivity contribution in [1.29, 1.82) is 0 Å². The fourth-order valence-corrected chi connectivity index (χ4v) is 3.72. The van der Waals surface area contributed by atoms with Crippen LogP contribution in [0.25, 0.3) is 11.1 Å². The molecule has 1 heterocycles. The number of aliphatic carboxylic acids is 1. The molecule has 0 saturated heterocycles. The molecule has 7 nitrogen and oxygen atoms in total. The Labute approximate surface area is 162 Å². The Morgan fingerprint density at radius 2 is 1.75 bits per heavy atom. The predicted octanol–water partition coefficient (Wildman–Crippen LogP) is 2.36. The van der Waals surface area contributed by atoms with Gasteiger partial charge in [0.1, 0.15) is 12.6 Å². The molecule has 0 fully saturated rings. The number of fused-ring (bicyclic) bond motifs is 3. The van der Waals surface area contributed by atoms with Gasteiger partial charge in [0.15, 0.2) is 0 Å². The second kappa shape index (κ2) is 7.64. The molecule has 144 valence electrons. The van der Waals surface area contributed by atoms with Crippen molar-refractivity contribution in [2.24, 2.45) is 0 Å². The summed E-state index contributed by atoms with van der Waals surface area (Å²) in [6.45, 7) is 0.696. The second-order valence-electron chi connectivity index (χ2n) is 6.79. The quantitative estimate of drug-likeness (QED) is 0.615. The zero-order valence-electron chi connectivity index (χ0n) is 15.1. The summed E-state index contributed by atoms with van der Waals surface area (Å²) >= 11 is 0. The molecule has 1 atom stereocenters. The monoisotopic (exact) mass is 379 g/mol. The zero-order chi connectivity index (χ0) is 19.5. The van der Waals surface area contributed by atoms with Crippen LogP contribution >= 0.6 is 0 Å². The van der Waals surface area contributed by atoms with Crippen molar-refractivity contribution in [3.63, 3.8) is 0 Å². The van der Waals surface area contributed by atoms with E-state index in [0.717, 1.165) is 28.0 Å². The van der Waals surface area contributed by atoms with Crippen LogP contribution in [0.3, 0.4) is 0 Å². The molecule has 1 aliphatic carbocycles. The molecule has 28 heavy (non-hydrogen) atoms. The maximum Gasteiger partial charge on any atom is 0.407 e. The highest BCUT2D eigenvalue weighted by Gasteiger charge is 2.30. The number of amides is 1. The van der Waals surface area contributed by atoms with Gasteiger partial charge in [0.2, 0.25) is 0 Å². The van der Waals surface area contributed by atoms with E-state index in [1.807, 2.05) is 36.4 Å². The molecular formula is C21H21N3O4. The summed E-state index contributed by atoms with van der Waals surface area (Å²) in [6, 6.07) is 15.0. The Morgan fingerprint density at radius 1 is 1.11 bits per heavy atom. The Bertz CT molecular complexity index is 895. The third kappa shape index (κ3) is 3.51. The van der Waals surface area contributed by atoms with E-state index in [1.54, 1.807) is 6.20 Å². The molecule has 1 aliphatic heterocycles. The summed E-state index contributed by atoms with van der Waals surface area (Å²) in [5, 5.41) is 17.8. The van der Waals surface area contributed by atoms with Crippen LogP contribution in [0.15, 0.2) is 60.4 Å². The Morgan fingerprint density at radius 3 is 2.32 bits per heavy atom. The molecule has 7 heteroatoms. The smallest absolute Gasteiger partial charge is 0.407 e. The zero-order valence-corrected chi connectivity index (χ0v) is 15.1. The van der Waals surface area contributed by atoms with E-state index in [0.29, 0.717) is 6.67 Å². The number of benzene rings is 2. The lowest BCUT2D eigenvalue weighted by Crippen LogP contribution is -2.42. The fourth-order valence-electron chi connectivity index (χ4n) is 3.72. The van der Waals surface area contributed by atoms with Gasteiger partial charge < -0.3 is 25.8 Å². The van der Waals surface area contributed by atoms with Crippen LogP contribution in [-0.2, 0) is 9.53 Å². The molecular weight excluding hydrogens is 358 g/mol. The van der Waals surface area contributed by atoms with Gasteiger partial charge in [-0.25, -0.2) is 9.59 Å². The van der Waals surface area contributed by atoms with E-state index < -0.39 is 18.1 Å². The van der Waals surface area contributed by atoms with Crippen LogP contribution in [0.4, 0.5) is 4.79 Å². The first-order chi connectivity index (χ1) is 13.6. The lowest BCUT2D eigenvalue weighted by molar-refractivity contribution is -0.139. The average Bonchev–Trinajstić information content (AvgIpc) is 3.32. The number of alkyl carbamates (subject to hydrolysis) is 1. The van der Waals surface area contributed by atoms with Crippen LogP contribution < -0.4 is 16.0 Å². The number of carbonyl (C=O) groups is 2. The number of carbonyl (C=O) groups excluding carboxylic acids is 1. The predicted molar refractivity (Wildman–Crippen MR) is 103 cm³/mol. The molecule has 0 aromatic heterocycles. The highest BCUT2D eigenvalue weighted by atomic mass is 16.5. The second-order valence-corrected chi connectivity index (χ2v) is 6.79. The molecule has 0 unspecified atom stereocenters. The van der Waals surface area contributed by atoms with Crippen molar-refractivity contribution in [2.45, 2.75) is 18.4 Å². The number of hydrogen-bond donors (Lipinski definition) is 4. The summed E-state index contributed by atoms with van der Waals surface area (Å²) in [6.07, 6.45) is 1.13. The Hall–Kier alpha value is -3.48. The van der Waals surface area contributed by atoms with E-state index in [-0.39, 0.29) is 18.9 Å². The van der Waals surface area contributed by atoms with Gasteiger partial charge in [0.05, 0.1) is 6.67 Å². The molecule has 4 N–H and O–H groups in total. The lowest BCUT2D eigenvalue weighted by Gasteiger charge is -2.17. The van der Waals surface area contributed by atoms with Crippen molar-refractivity contribution in [1.82, 2.24) is 16.0 Å². The van der Waals surface area contributed by atoms with Crippen LogP contribution in [0, 0.1) is 0 Å². The molecule has 2 aromatic rings. The maximum absolute atomic E-state index is 12.3. The van der Waals surface area contributed by atoms with Crippen molar-refractivity contribution in [3.8, 4) is 11.1 Å². The number of rotatable bonds is 6. The first-order valence-electron chi connectivity index (χ1n) is 9.14. The molecule has 0 bridgehead atoms. The first kappa shape index (κ1) is 17.9. The topological polar surface area (TPSA) is 99.7 Å². The molecule has 0 spiro atoms. The van der Waals surface area contributed by atoms with Gasteiger partial charge in [-0.1, -0.05) is 48.5 Å². The Kier molecular flexibility index (Phi) is 4.89. The molecule has 4 rings (SSSR count). The highest BCUT2D eigenvalue weighted by Crippen LogP contribution is 2.44. The molecule has 1 amide bonds. The summed E-state index contributed by atoms with van der Waals surface area (Å²) in [5.41, 5.74) is 5.23. The first-order valence-corrected chi connectivity index (χ1v) is 9.14. The van der Waals surface area contributed by atoms with Crippen LogP contribution in [0.1, 0.15) is 23.5 Å². The van der Waals surface area contributed by atoms with E-state index in [4.69, 9.17) is 4.74 Å². The van der Waals surface area contributed by atoms with Gasteiger partial charge in [-0.2, -0.15) is 0 Å². The van der Waals surface area contributed by atoms with E-state index in [2.05, 4.69) is 28.1 Å². The van der Waals surface area contributed by atoms with E-state index in [9.17, 15) is 14.7 Å². The van der Waals surface area contributed by atoms with Crippen molar-refractivity contribution >= 4 is 12.1 Å². The van der Waals surface area contributed by atoms with Gasteiger partial charge in [0.25, 0.3) is 0 Å². The van der Waals surface area contributed by atoms with Gasteiger partial charge in [-0.05, 0) is 22.3 Å². The van der Waals surface area contributed by atoms with Crippen molar-refractivity contribution in [2.75, 3.05) is 13.3 Å². The Balaban J connectivity index is 1.42. The number of ether oxygens (including phenoxy) is 1. The van der Waals surface area contributed by atoms with Crippen LogP contribution in [0.5, 0.6) is 0 Å². The van der Waals surface area contributed by atoms with E-state index in [1.165, 1.54) is 0 Å². The minimum absolute atomic E-state index is 0.0650. The molecule has 2 aliphatic rings. The van der Waals surface area contributed by atoms with Crippen molar-refractivity contribution < 1.29 is 19.4 Å². The SMILES string of the molecule is O=C(N[C@H](CC1=CNCN1)C(=O)O)OCC1c2ccccc2-c2ccccc21. The summed E-state index contributed by atoms with van der Waals surface area (Å²) in [7, 11) is 0. The summed E-state index contributed by atoms with van der Waals surface area (Å²) in [4.78, 5) is 23.7. The number of nitrogens with one attached hydrogen (secondary N) is 3. The largest absolute Gasteiger partial charge is 0.480 e. The average molecular weight is 379 g/mol. The fraction of sp³-hybridized carbons (Fsp3) is 0.238. The molecule has 2 aromatic carbocycles. The van der Waals surface area contributed by atoms with Crippen LogP contribution in [-0.4, -0.2) is 36.5 Å². The molecule has 0 saturated carbocycles. The summed E-state index contributed by atoms with van der Waals surface area (Å²) in [5.74, 6) is -1.17. The third-order valence-electron chi connectivity index (χ3n) is 5.05. The van der Waals surface area contributed by atoms with Gasteiger partial charge >= 0.3 is 12.1 Å². The normalized spacial score (nSPS) is 15.5. The summed E-state index contributed by atoms with van der Waals surface area (Å²) < 4.78 is 5.42. The third-order valence-corrected chi connectivity index (χ3v) is 5.05. The van der Waals surface area contributed by atoms with E-state index >= 15 is 0 Å². The van der Waals surface area contributed by atoms with Crippen molar-refractivity contribution in [3.05, 3.63) is 71.6 Å². The van der Waals surface area contributed by atoms with Crippen LogP contribution in [0.2, 0.25) is 0 Å². The standard InChI is InChI=1S/C21H21N3O4/c25-20(26)19(9-13-10-22-12-23-13)24-21(27)28-11-18-16-7-3-1-5-14(16)15-6-2-4-8-17(15)18/h1-8,10,18-19,22-23H,9,11-12H2,(H,24,27)(H,25,26)/t19-/m1/s1. The van der Waals surface area contributed by atoms with Gasteiger partial charge in [-0.15, -0.1) is 0 Å². The minimum Gasteiger partial charge on any atom is -0.480 e.